The predicted octanol–water partition coefficient (Wildman–Crippen LogP) is 1.09. The molecule has 0 saturated heterocycles. The van der Waals surface area contributed by atoms with Gasteiger partial charge in [0.1, 0.15) is 6.61 Å². The molecular formula is C13H23N3O3. The number of methoxy groups -OCH3 is 1. The molecule has 0 fully saturated rings. The third-order valence-corrected chi connectivity index (χ3v) is 3.28. The molecule has 1 aromatic heterocycles. The van der Waals surface area contributed by atoms with E-state index in [2.05, 4.69) is 24.3 Å². The fourth-order valence-electron chi connectivity index (χ4n) is 1.75. The van der Waals surface area contributed by atoms with Gasteiger partial charge in [-0.3, -0.25) is 4.79 Å². The van der Waals surface area contributed by atoms with Gasteiger partial charge in [-0.05, 0) is 25.3 Å². The molecule has 0 aliphatic rings. The molecule has 1 amide bonds. The van der Waals surface area contributed by atoms with Crippen LogP contribution in [0.5, 0.6) is 0 Å². The lowest BCUT2D eigenvalue weighted by Crippen LogP contribution is -2.35. The van der Waals surface area contributed by atoms with Gasteiger partial charge < -0.3 is 20.3 Å². The largest absolute Gasteiger partial charge is 0.377 e. The average molecular weight is 269 g/mol. The molecule has 1 unspecified atom stereocenters. The Bertz CT molecular complexity index is 415. The van der Waals surface area contributed by atoms with Crippen molar-refractivity contribution >= 4 is 5.91 Å². The van der Waals surface area contributed by atoms with E-state index in [1.807, 2.05) is 0 Å². The lowest BCUT2D eigenvalue weighted by atomic mass is 9.96. The Balaban J connectivity index is 2.63. The smallest absolute Gasteiger partial charge is 0.273 e. The van der Waals surface area contributed by atoms with Crippen molar-refractivity contribution in [2.75, 3.05) is 20.2 Å². The number of nitrogens with two attached hydrogens (primary N) is 1. The van der Waals surface area contributed by atoms with Crippen molar-refractivity contribution in [2.24, 2.45) is 17.6 Å². The number of nitrogens with one attached hydrogen (secondary N) is 1. The Morgan fingerprint density at radius 1 is 1.53 bits per heavy atom. The fraction of sp³-hybridized carbons (Fsp3) is 0.692. The van der Waals surface area contributed by atoms with Gasteiger partial charge in [0, 0.05) is 19.2 Å². The second kappa shape index (κ2) is 7.25. The molecule has 0 saturated carbocycles. The van der Waals surface area contributed by atoms with Gasteiger partial charge in [0.25, 0.3) is 5.91 Å². The number of hydrogen-bond donors (Lipinski definition) is 2. The van der Waals surface area contributed by atoms with Crippen molar-refractivity contribution in [2.45, 2.75) is 27.4 Å². The lowest BCUT2D eigenvalue weighted by molar-refractivity contribution is 0.0934. The molecule has 108 valence electrons. The van der Waals surface area contributed by atoms with Crippen molar-refractivity contribution in [3.63, 3.8) is 0 Å². The molecule has 1 heterocycles. The molecule has 1 aromatic rings. The van der Waals surface area contributed by atoms with E-state index >= 15 is 0 Å². The molecule has 1 atom stereocenters. The minimum Gasteiger partial charge on any atom is -0.377 e. The number of nitrogens with zero attached hydrogens (tertiary/aromatic N) is 1. The monoisotopic (exact) mass is 269 g/mol. The number of aromatic nitrogens is 1. The van der Waals surface area contributed by atoms with Crippen molar-refractivity contribution < 1.29 is 14.1 Å². The SMILES string of the molecule is COCc1onc(C(=O)NCC(CN)C(C)C)c1C. The topological polar surface area (TPSA) is 90.4 Å². The minimum absolute atomic E-state index is 0.234. The molecule has 3 N–H and O–H groups in total. The molecule has 0 aromatic carbocycles. The number of carbonyl (C=O) groups excluding carboxylic acids is 1. The quantitative estimate of drug-likeness (QED) is 0.773. The zero-order valence-corrected chi connectivity index (χ0v) is 12.0. The zero-order chi connectivity index (χ0) is 14.4. The fourth-order valence-corrected chi connectivity index (χ4v) is 1.75. The predicted molar refractivity (Wildman–Crippen MR) is 71.7 cm³/mol. The lowest BCUT2D eigenvalue weighted by Gasteiger charge is -2.18. The number of ether oxygens (including phenoxy) is 1. The van der Waals surface area contributed by atoms with Crippen LogP contribution in [0.4, 0.5) is 0 Å². The van der Waals surface area contributed by atoms with E-state index in [-0.39, 0.29) is 11.8 Å². The van der Waals surface area contributed by atoms with Crippen LogP contribution in [0.1, 0.15) is 35.7 Å². The van der Waals surface area contributed by atoms with E-state index in [1.54, 1.807) is 14.0 Å². The van der Waals surface area contributed by atoms with E-state index in [0.717, 1.165) is 0 Å². The van der Waals surface area contributed by atoms with Gasteiger partial charge >= 0.3 is 0 Å². The standard InChI is InChI=1S/C13H23N3O3/c1-8(2)10(5-14)6-15-13(17)12-9(3)11(7-18-4)19-16-12/h8,10H,5-7,14H2,1-4H3,(H,15,17). The van der Waals surface area contributed by atoms with Gasteiger partial charge in [0.2, 0.25) is 0 Å². The molecule has 19 heavy (non-hydrogen) atoms. The van der Waals surface area contributed by atoms with Gasteiger partial charge in [0.15, 0.2) is 11.5 Å². The maximum atomic E-state index is 12.0. The first-order valence-corrected chi connectivity index (χ1v) is 6.43. The highest BCUT2D eigenvalue weighted by Crippen LogP contribution is 2.14. The molecule has 0 spiro atoms. The normalized spacial score (nSPS) is 12.7. The van der Waals surface area contributed by atoms with E-state index in [1.165, 1.54) is 0 Å². The minimum atomic E-state index is -0.234. The third-order valence-electron chi connectivity index (χ3n) is 3.28. The molecular weight excluding hydrogens is 246 g/mol. The third kappa shape index (κ3) is 4.04. The highest BCUT2D eigenvalue weighted by atomic mass is 16.5. The highest BCUT2D eigenvalue weighted by molar-refractivity contribution is 5.93. The number of carbonyl (C=O) groups is 1. The summed E-state index contributed by atoms with van der Waals surface area (Å²) in [6.07, 6.45) is 0. The van der Waals surface area contributed by atoms with Crippen molar-refractivity contribution in [3.05, 3.63) is 17.0 Å². The summed E-state index contributed by atoms with van der Waals surface area (Å²) in [5.41, 5.74) is 6.70. The first kappa shape index (κ1) is 15.7. The first-order chi connectivity index (χ1) is 9.01. The second-order valence-corrected chi connectivity index (χ2v) is 4.96. The molecule has 6 nitrogen and oxygen atoms in total. The summed E-state index contributed by atoms with van der Waals surface area (Å²) in [6.45, 7) is 7.36. The van der Waals surface area contributed by atoms with Gasteiger partial charge in [-0.15, -0.1) is 0 Å². The molecule has 0 bridgehead atoms. The Kier molecular flexibility index (Phi) is 5.98. The molecule has 1 rings (SSSR count). The Morgan fingerprint density at radius 2 is 2.21 bits per heavy atom. The number of amides is 1. The van der Waals surface area contributed by atoms with Crippen LogP contribution in [-0.2, 0) is 11.3 Å². The van der Waals surface area contributed by atoms with Gasteiger partial charge in [0.05, 0.1) is 0 Å². The Labute approximate surface area is 113 Å². The zero-order valence-electron chi connectivity index (χ0n) is 12.0. The maximum absolute atomic E-state index is 12.0. The van der Waals surface area contributed by atoms with Crippen molar-refractivity contribution in [3.8, 4) is 0 Å². The van der Waals surface area contributed by atoms with Crippen molar-refractivity contribution in [1.29, 1.82) is 0 Å². The van der Waals surface area contributed by atoms with Crippen LogP contribution in [0.25, 0.3) is 0 Å². The molecule has 0 aliphatic carbocycles. The summed E-state index contributed by atoms with van der Waals surface area (Å²) in [7, 11) is 1.57. The maximum Gasteiger partial charge on any atom is 0.273 e. The van der Waals surface area contributed by atoms with Crippen LogP contribution in [0.15, 0.2) is 4.52 Å². The summed E-state index contributed by atoms with van der Waals surface area (Å²) in [5, 5.41) is 6.63. The van der Waals surface area contributed by atoms with Crippen LogP contribution in [0.3, 0.4) is 0 Å². The summed E-state index contributed by atoms with van der Waals surface area (Å²) in [4.78, 5) is 12.0. The van der Waals surface area contributed by atoms with Crippen molar-refractivity contribution in [1.82, 2.24) is 10.5 Å². The van der Waals surface area contributed by atoms with Gasteiger partial charge in [-0.2, -0.15) is 0 Å². The Hall–Kier alpha value is -1.40. The Morgan fingerprint density at radius 3 is 2.74 bits per heavy atom. The number of hydrogen-bond acceptors (Lipinski definition) is 5. The van der Waals surface area contributed by atoms with E-state index < -0.39 is 0 Å². The summed E-state index contributed by atoms with van der Waals surface area (Å²) in [5.74, 6) is 1.02. The summed E-state index contributed by atoms with van der Waals surface area (Å²) < 4.78 is 10.0. The number of rotatable bonds is 7. The molecule has 0 aliphatic heterocycles. The molecule has 0 radical (unpaired) electrons. The van der Waals surface area contributed by atoms with Gasteiger partial charge in [-0.1, -0.05) is 19.0 Å². The summed E-state index contributed by atoms with van der Waals surface area (Å²) in [6, 6.07) is 0. The second-order valence-electron chi connectivity index (χ2n) is 4.96. The molecule has 6 heteroatoms. The van der Waals surface area contributed by atoms with Crippen LogP contribution in [0.2, 0.25) is 0 Å². The first-order valence-electron chi connectivity index (χ1n) is 6.43. The van der Waals surface area contributed by atoms with E-state index in [0.29, 0.717) is 42.6 Å². The van der Waals surface area contributed by atoms with Crippen LogP contribution in [-0.4, -0.2) is 31.3 Å². The van der Waals surface area contributed by atoms with E-state index in [4.69, 9.17) is 15.0 Å². The van der Waals surface area contributed by atoms with Gasteiger partial charge in [-0.25, -0.2) is 0 Å². The summed E-state index contributed by atoms with van der Waals surface area (Å²) >= 11 is 0. The van der Waals surface area contributed by atoms with Crippen LogP contribution >= 0.6 is 0 Å². The van der Waals surface area contributed by atoms with Crippen LogP contribution in [0, 0.1) is 18.8 Å². The highest BCUT2D eigenvalue weighted by Gasteiger charge is 2.20. The average Bonchev–Trinajstić information content (AvgIpc) is 2.72. The van der Waals surface area contributed by atoms with E-state index in [9.17, 15) is 4.79 Å². The van der Waals surface area contributed by atoms with Crippen LogP contribution < -0.4 is 11.1 Å².